The Labute approximate surface area is 186 Å². The number of ether oxygens (including phenoxy) is 1. The fourth-order valence-corrected chi connectivity index (χ4v) is 4.71. The minimum atomic E-state index is -0.474. The zero-order chi connectivity index (χ0) is 22.0. The summed E-state index contributed by atoms with van der Waals surface area (Å²) in [7, 11) is 0. The fraction of sp³-hybridized carbons (Fsp3) is 0.393. The van der Waals surface area contributed by atoms with Gasteiger partial charge in [-0.05, 0) is 86.1 Å². The van der Waals surface area contributed by atoms with Crippen molar-refractivity contribution in [2.75, 3.05) is 18.0 Å². The molecular weight excluding hydrogens is 382 g/mol. The minimum Gasteiger partial charge on any atom is -0.456 e. The van der Waals surface area contributed by atoms with Crippen LogP contribution in [0.25, 0.3) is 10.8 Å². The molecule has 0 unspecified atom stereocenters. The molecule has 1 saturated heterocycles. The van der Waals surface area contributed by atoms with Crippen LogP contribution in [0.1, 0.15) is 62.4 Å². The average Bonchev–Trinajstić information content (AvgIpc) is 3.20. The van der Waals surface area contributed by atoms with Gasteiger partial charge in [-0.1, -0.05) is 49.4 Å². The number of carbonyl (C=O) groups is 1. The Kier molecular flexibility index (Phi) is 6.04. The summed E-state index contributed by atoms with van der Waals surface area (Å²) in [4.78, 5) is 14.7. The molecule has 3 aromatic carbocycles. The highest BCUT2D eigenvalue weighted by molar-refractivity contribution is 5.90. The van der Waals surface area contributed by atoms with E-state index in [1.165, 1.54) is 34.9 Å². The molecule has 2 atom stereocenters. The largest absolute Gasteiger partial charge is 0.456 e. The van der Waals surface area contributed by atoms with E-state index >= 15 is 0 Å². The lowest BCUT2D eigenvalue weighted by Gasteiger charge is -2.22. The molecule has 0 saturated carbocycles. The summed E-state index contributed by atoms with van der Waals surface area (Å²) in [5, 5.41) is 2.70. The molecule has 0 radical (unpaired) electrons. The van der Waals surface area contributed by atoms with Crippen LogP contribution in [0.3, 0.4) is 0 Å². The van der Waals surface area contributed by atoms with Crippen molar-refractivity contribution in [2.24, 2.45) is 5.92 Å². The molecule has 0 spiro atoms. The van der Waals surface area contributed by atoms with Crippen molar-refractivity contribution in [3.8, 4) is 0 Å². The summed E-state index contributed by atoms with van der Waals surface area (Å²) in [6.07, 6.45) is 2.41. The van der Waals surface area contributed by atoms with Crippen molar-refractivity contribution in [1.29, 1.82) is 0 Å². The van der Waals surface area contributed by atoms with E-state index in [2.05, 4.69) is 66.4 Å². The topological polar surface area (TPSA) is 29.5 Å². The van der Waals surface area contributed by atoms with E-state index in [-0.39, 0.29) is 5.97 Å². The molecule has 0 bridgehead atoms. The monoisotopic (exact) mass is 415 g/mol. The molecule has 3 heteroatoms. The first-order valence-electron chi connectivity index (χ1n) is 11.4. The van der Waals surface area contributed by atoms with Crippen LogP contribution in [-0.4, -0.2) is 24.7 Å². The van der Waals surface area contributed by atoms with Crippen LogP contribution in [0.15, 0.2) is 66.7 Å². The molecule has 162 valence electrons. The quantitative estimate of drug-likeness (QED) is 0.428. The SMILES string of the molecule is C[C@@H](C[C@H]1CCN(c2ccc(C(=O)OC(C)(C)C)cc2)C1)c1cccc2ccccc12. The maximum absolute atomic E-state index is 12.3. The molecule has 3 aromatic rings. The van der Waals surface area contributed by atoms with Gasteiger partial charge in [0.05, 0.1) is 5.56 Å². The van der Waals surface area contributed by atoms with Crippen molar-refractivity contribution >= 4 is 22.4 Å². The minimum absolute atomic E-state index is 0.262. The highest BCUT2D eigenvalue weighted by atomic mass is 16.6. The molecule has 4 rings (SSSR count). The smallest absolute Gasteiger partial charge is 0.338 e. The summed E-state index contributed by atoms with van der Waals surface area (Å²) in [6.45, 7) is 10.2. The highest BCUT2D eigenvalue weighted by Gasteiger charge is 2.25. The van der Waals surface area contributed by atoms with E-state index in [0.717, 1.165) is 13.1 Å². The number of rotatable bonds is 5. The van der Waals surface area contributed by atoms with Gasteiger partial charge in [0, 0.05) is 18.8 Å². The molecule has 0 aliphatic carbocycles. The van der Waals surface area contributed by atoms with E-state index in [1.54, 1.807) is 0 Å². The normalized spacial score (nSPS) is 17.7. The van der Waals surface area contributed by atoms with Crippen LogP contribution in [-0.2, 0) is 4.74 Å². The first-order chi connectivity index (χ1) is 14.8. The molecular formula is C28H33NO2. The van der Waals surface area contributed by atoms with Gasteiger partial charge in [-0.3, -0.25) is 0 Å². The van der Waals surface area contributed by atoms with Gasteiger partial charge >= 0.3 is 5.97 Å². The molecule has 0 aromatic heterocycles. The number of hydrogen-bond donors (Lipinski definition) is 0. The molecule has 1 aliphatic rings. The van der Waals surface area contributed by atoms with Crippen LogP contribution in [0.5, 0.6) is 0 Å². The Hall–Kier alpha value is -2.81. The second-order valence-corrected chi connectivity index (χ2v) is 9.85. The van der Waals surface area contributed by atoms with Gasteiger partial charge in [0.25, 0.3) is 0 Å². The summed E-state index contributed by atoms with van der Waals surface area (Å²) in [6, 6.07) is 23.2. The zero-order valence-corrected chi connectivity index (χ0v) is 19.1. The van der Waals surface area contributed by atoms with Gasteiger partial charge < -0.3 is 9.64 Å². The predicted octanol–water partition coefficient (Wildman–Crippen LogP) is 6.82. The third-order valence-corrected chi connectivity index (χ3v) is 6.19. The first-order valence-corrected chi connectivity index (χ1v) is 11.4. The fourth-order valence-electron chi connectivity index (χ4n) is 4.71. The second kappa shape index (κ2) is 8.74. The van der Waals surface area contributed by atoms with Gasteiger partial charge in [-0.2, -0.15) is 0 Å². The van der Waals surface area contributed by atoms with Crippen molar-refractivity contribution in [2.45, 2.75) is 52.1 Å². The van der Waals surface area contributed by atoms with Gasteiger partial charge in [0.2, 0.25) is 0 Å². The molecule has 1 heterocycles. The maximum Gasteiger partial charge on any atom is 0.338 e. The predicted molar refractivity (Wildman–Crippen MR) is 129 cm³/mol. The Bertz CT molecular complexity index is 1040. The van der Waals surface area contributed by atoms with E-state index in [1.807, 2.05) is 32.9 Å². The Morgan fingerprint density at radius 1 is 1.03 bits per heavy atom. The molecule has 1 aliphatic heterocycles. The molecule has 3 nitrogen and oxygen atoms in total. The summed E-state index contributed by atoms with van der Waals surface area (Å²) in [5.74, 6) is 0.951. The van der Waals surface area contributed by atoms with Crippen molar-refractivity contribution < 1.29 is 9.53 Å². The molecule has 31 heavy (non-hydrogen) atoms. The lowest BCUT2D eigenvalue weighted by Crippen LogP contribution is -2.24. The summed E-state index contributed by atoms with van der Waals surface area (Å²) in [5.41, 5.74) is 2.78. The number of esters is 1. The maximum atomic E-state index is 12.3. The Morgan fingerprint density at radius 2 is 1.74 bits per heavy atom. The third-order valence-electron chi connectivity index (χ3n) is 6.19. The van der Waals surface area contributed by atoms with Gasteiger partial charge in [-0.25, -0.2) is 4.79 Å². The van der Waals surface area contributed by atoms with Crippen LogP contribution < -0.4 is 4.90 Å². The van der Waals surface area contributed by atoms with Gasteiger partial charge in [-0.15, -0.1) is 0 Å². The van der Waals surface area contributed by atoms with Crippen molar-refractivity contribution in [3.05, 3.63) is 77.9 Å². The van der Waals surface area contributed by atoms with Crippen LogP contribution in [0.2, 0.25) is 0 Å². The number of fused-ring (bicyclic) bond motifs is 1. The lowest BCUT2D eigenvalue weighted by molar-refractivity contribution is 0.00695. The Morgan fingerprint density at radius 3 is 2.48 bits per heavy atom. The Balaban J connectivity index is 1.38. The summed E-state index contributed by atoms with van der Waals surface area (Å²) >= 11 is 0. The number of nitrogens with zero attached hydrogens (tertiary/aromatic N) is 1. The first kappa shape index (κ1) is 21.4. The average molecular weight is 416 g/mol. The van der Waals surface area contributed by atoms with Crippen LogP contribution in [0.4, 0.5) is 5.69 Å². The number of carbonyl (C=O) groups excluding carboxylic acids is 1. The van der Waals surface area contributed by atoms with E-state index in [9.17, 15) is 4.79 Å². The number of hydrogen-bond acceptors (Lipinski definition) is 3. The molecule has 1 fully saturated rings. The van der Waals surface area contributed by atoms with E-state index < -0.39 is 5.60 Å². The number of benzene rings is 3. The molecule has 0 amide bonds. The lowest BCUT2D eigenvalue weighted by atomic mass is 9.87. The van der Waals surface area contributed by atoms with E-state index in [0.29, 0.717) is 17.4 Å². The highest BCUT2D eigenvalue weighted by Crippen LogP contribution is 2.34. The second-order valence-electron chi connectivity index (χ2n) is 9.85. The van der Waals surface area contributed by atoms with Crippen LogP contribution >= 0.6 is 0 Å². The van der Waals surface area contributed by atoms with Crippen LogP contribution in [0, 0.1) is 5.92 Å². The van der Waals surface area contributed by atoms with Crippen molar-refractivity contribution in [1.82, 2.24) is 0 Å². The van der Waals surface area contributed by atoms with E-state index in [4.69, 9.17) is 4.74 Å². The molecule has 0 N–H and O–H groups in total. The standard InChI is InChI=1S/C28H33NO2/c1-20(25-11-7-9-22-8-5-6-10-26(22)25)18-21-16-17-29(19-21)24-14-12-23(13-15-24)27(30)31-28(2,3)4/h5-15,20-21H,16-19H2,1-4H3/t20-,21+/m0/s1. The number of anilines is 1. The van der Waals surface area contributed by atoms with Gasteiger partial charge in [0.15, 0.2) is 0 Å². The third kappa shape index (κ3) is 5.10. The zero-order valence-electron chi connectivity index (χ0n) is 19.1. The van der Waals surface area contributed by atoms with Crippen molar-refractivity contribution in [3.63, 3.8) is 0 Å². The van der Waals surface area contributed by atoms with Gasteiger partial charge in [0.1, 0.15) is 5.60 Å². The summed E-state index contributed by atoms with van der Waals surface area (Å²) < 4.78 is 5.47.